The van der Waals surface area contributed by atoms with E-state index < -0.39 is 29.4 Å². The van der Waals surface area contributed by atoms with Gasteiger partial charge in [0.05, 0.1) is 23.3 Å². The van der Waals surface area contributed by atoms with Gasteiger partial charge in [0.15, 0.2) is 5.82 Å². The second kappa shape index (κ2) is 12.0. The first-order chi connectivity index (χ1) is 23.5. The number of nitrogens with zero attached hydrogens (tertiary/aromatic N) is 5. The van der Waals surface area contributed by atoms with Crippen LogP contribution < -0.4 is 20.7 Å². The maximum absolute atomic E-state index is 17.2. The van der Waals surface area contributed by atoms with Crippen LogP contribution >= 0.6 is 0 Å². The number of hydrogen-bond acceptors (Lipinski definition) is 8. The highest BCUT2D eigenvalue weighted by molar-refractivity contribution is 6.04. The quantitative estimate of drug-likeness (QED) is 0.153. The average Bonchev–Trinajstić information content (AvgIpc) is 3.46. The van der Waals surface area contributed by atoms with Gasteiger partial charge in [-0.1, -0.05) is 18.9 Å². The van der Waals surface area contributed by atoms with Gasteiger partial charge in [0, 0.05) is 59.2 Å². The molecule has 3 saturated heterocycles. The van der Waals surface area contributed by atoms with Crippen molar-refractivity contribution < 1.29 is 22.3 Å². The van der Waals surface area contributed by atoms with Crippen molar-refractivity contribution in [1.82, 2.24) is 25.2 Å². The van der Waals surface area contributed by atoms with Gasteiger partial charge in [0.1, 0.15) is 22.8 Å². The number of nitrogen functional groups attached to an aromatic ring is 1. The number of aryl methyl sites for hydroxylation is 1. The summed E-state index contributed by atoms with van der Waals surface area (Å²) in [5.74, 6) is 0.751. The Morgan fingerprint density at radius 3 is 2.76 bits per heavy atom. The first-order valence-corrected chi connectivity index (χ1v) is 17.1. The monoisotopic (exact) mass is 673 g/mol. The van der Waals surface area contributed by atoms with Crippen LogP contribution in [0.25, 0.3) is 32.9 Å². The van der Waals surface area contributed by atoms with Gasteiger partial charge in [-0.15, -0.1) is 6.42 Å². The Balaban J connectivity index is 1.33. The molecule has 0 saturated carbocycles. The van der Waals surface area contributed by atoms with E-state index in [0.717, 1.165) is 25.7 Å². The van der Waals surface area contributed by atoms with E-state index in [9.17, 15) is 8.78 Å². The maximum Gasteiger partial charge on any atom is 0.319 e. The van der Waals surface area contributed by atoms with Crippen molar-refractivity contribution in [2.24, 2.45) is 11.3 Å². The molecule has 3 N–H and O–H groups in total. The van der Waals surface area contributed by atoms with Gasteiger partial charge >= 0.3 is 6.01 Å². The van der Waals surface area contributed by atoms with Crippen molar-refractivity contribution >= 4 is 33.2 Å². The highest BCUT2D eigenvalue weighted by atomic mass is 19.3. The molecule has 8 rings (SSSR count). The molecule has 4 aliphatic rings. The lowest BCUT2D eigenvalue weighted by Gasteiger charge is -2.44. The van der Waals surface area contributed by atoms with E-state index in [4.69, 9.17) is 26.9 Å². The van der Waals surface area contributed by atoms with Gasteiger partial charge in [-0.2, -0.15) is 9.97 Å². The number of benzene rings is 2. The number of piperidine rings is 1. The molecule has 3 fully saturated rings. The molecule has 0 radical (unpaired) electrons. The summed E-state index contributed by atoms with van der Waals surface area (Å²) < 4.78 is 67.0. The third-order valence-electron chi connectivity index (χ3n) is 11.2. The minimum atomic E-state index is -2.51. The number of hydrogen-bond donors (Lipinski definition) is 2. The lowest BCUT2D eigenvalue weighted by atomic mass is 9.73. The third kappa shape index (κ3) is 5.33. The number of terminal acetylenes is 1. The molecule has 2 bridgehead atoms. The number of alkyl halides is 2. The fourth-order valence-corrected chi connectivity index (χ4v) is 8.93. The van der Waals surface area contributed by atoms with Crippen molar-refractivity contribution in [3.63, 3.8) is 0 Å². The van der Waals surface area contributed by atoms with Gasteiger partial charge in [-0.25, -0.2) is 22.5 Å². The standard InChI is InChI=1S/C37H39F4N7O/c1-4-22-25(38)10-8-19-14-20(42)15-23(29(19)22)32-31(39)33-30-27(44-32)6-5-7-28-26-11-9-21(43-26)16-48(28)35(30)46-36(45-33)49-18-37(2)17-47(3)13-12-24(37)34(40)41/h1,8,10,14-15,21,24,26,28,34,43H,5-7,9,11-13,16-18,42H2,2-3H3/t21-,24-,26+,28-,37+/m1/s1. The molecule has 12 heteroatoms. The summed E-state index contributed by atoms with van der Waals surface area (Å²) in [5, 5.41) is 5.13. The zero-order valence-electron chi connectivity index (χ0n) is 27.6. The Bertz CT molecular complexity index is 2020. The van der Waals surface area contributed by atoms with Crippen LogP contribution in [0, 0.1) is 35.3 Å². The van der Waals surface area contributed by atoms with Crippen LogP contribution in [-0.4, -0.2) is 77.7 Å². The molecule has 2 aromatic carbocycles. The molecule has 5 atom stereocenters. The van der Waals surface area contributed by atoms with E-state index in [2.05, 4.69) is 21.1 Å². The second-order valence-corrected chi connectivity index (χ2v) is 14.6. The fraction of sp³-hybridized carbons (Fsp3) is 0.486. The van der Waals surface area contributed by atoms with Crippen molar-refractivity contribution in [3.05, 3.63) is 47.2 Å². The number of halogens is 4. The number of piperazine rings is 1. The van der Waals surface area contributed by atoms with Crippen LogP contribution in [0.2, 0.25) is 0 Å². The summed E-state index contributed by atoms with van der Waals surface area (Å²) >= 11 is 0. The smallest absolute Gasteiger partial charge is 0.319 e. The Morgan fingerprint density at radius 1 is 1.12 bits per heavy atom. The zero-order chi connectivity index (χ0) is 34.2. The highest BCUT2D eigenvalue weighted by Crippen LogP contribution is 2.44. The minimum absolute atomic E-state index is 0.0112. The topological polar surface area (TPSA) is 92.4 Å². The Hall–Kier alpha value is -4.21. The number of nitrogens with two attached hydrogens (primary N) is 1. The zero-order valence-corrected chi connectivity index (χ0v) is 27.6. The molecule has 49 heavy (non-hydrogen) atoms. The van der Waals surface area contributed by atoms with Crippen molar-refractivity contribution in [2.45, 2.75) is 70.0 Å². The highest BCUT2D eigenvalue weighted by Gasteiger charge is 2.45. The van der Waals surface area contributed by atoms with E-state index >= 15 is 8.78 Å². The average molecular weight is 674 g/mol. The Morgan fingerprint density at radius 2 is 1.96 bits per heavy atom. The summed E-state index contributed by atoms with van der Waals surface area (Å²) in [5.41, 5.74) is 6.58. The molecule has 2 aromatic heterocycles. The number of fused-ring (bicyclic) bond motifs is 6. The normalized spacial score (nSPS) is 26.9. The van der Waals surface area contributed by atoms with Crippen LogP contribution in [0.15, 0.2) is 24.3 Å². The molecule has 0 spiro atoms. The SMILES string of the molecule is C#Cc1c(F)ccc2cc(N)cc(-c3nc4c5c(nc(OC[C@]6(C)CN(C)CC[C@@H]6C(F)F)nc5c3F)N3C[C@H]5CC[C@H](N5)[C@H]3CCC4)c12. The van der Waals surface area contributed by atoms with Gasteiger partial charge in [-0.05, 0) is 75.7 Å². The minimum Gasteiger partial charge on any atom is -0.463 e. The predicted octanol–water partition coefficient (Wildman–Crippen LogP) is 5.93. The van der Waals surface area contributed by atoms with Crippen LogP contribution in [0.4, 0.5) is 29.1 Å². The van der Waals surface area contributed by atoms with E-state index in [1.807, 2.05) is 11.9 Å². The predicted molar refractivity (Wildman–Crippen MR) is 182 cm³/mol. The maximum atomic E-state index is 17.2. The van der Waals surface area contributed by atoms with E-state index in [0.29, 0.717) is 65.8 Å². The summed E-state index contributed by atoms with van der Waals surface area (Å²) in [4.78, 5) is 18.8. The van der Waals surface area contributed by atoms with Gasteiger partial charge in [0.2, 0.25) is 6.43 Å². The molecule has 0 amide bonds. The van der Waals surface area contributed by atoms with Gasteiger partial charge in [-0.3, -0.25) is 0 Å². The molecule has 0 aliphatic carbocycles. The van der Waals surface area contributed by atoms with Crippen LogP contribution in [0.1, 0.15) is 50.3 Å². The summed E-state index contributed by atoms with van der Waals surface area (Å²) in [6.45, 7) is 3.40. The number of ether oxygens (including phenoxy) is 1. The molecular weight excluding hydrogens is 634 g/mol. The van der Waals surface area contributed by atoms with Crippen molar-refractivity contribution in [1.29, 1.82) is 0 Å². The molecule has 0 unspecified atom stereocenters. The largest absolute Gasteiger partial charge is 0.463 e. The lowest BCUT2D eigenvalue weighted by molar-refractivity contribution is -0.0679. The molecule has 8 nitrogen and oxygen atoms in total. The van der Waals surface area contributed by atoms with E-state index in [-0.39, 0.29) is 53.1 Å². The second-order valence-electron chi connectivity index (χ2n) is 14.6. The first kappa shape index (κ1) is 32.0. The molecule has 6 heterocycles. The van der Waals surface area contributed by atoms with Crippen LogP contribution in [-0.2, 0) is 6.42 Å². The molecule has 4 aromatic rings. The van der Waals surface area contributed by atoms with E-state index in [1.165, 1.54) is 6.07 Å². The third-order valence-corrected chi connectivity index (χ3v) is 11.2. The summed E-state index contributed by atoms with van der Waals surface area (Å²) in [6, 6.07) is 6.64. The molecule has 4 aliphatic heterocycles. The summed E-state index contributed by atoms with van der Waals surface area (Å²) in [7, 11) is 1.91. The first-order valence-electron chi connectivity index (χ1n) is 17.1. The number of aromatic nitrogens is 3. The molecule has 256 valence electrons. The number of rotatable bonds is 5. The Kier molecular flexibility index (Phi) is 7.83. The van der Waals surface area contributed by atoms with E-state index in [1.54, 1.807) is 25.1 Å². The lowest BCUT2D eigenvalue weighted by Crippen LogP contribution is -2.58. The Labute approximate surface area is 282 Å². The number of pyridine rings is 1. The summed E-state index contributed by atoms with van der Waals surface area (Å²) in [6.07, 6.45) is 7.89. The van der Waals surface area contributed by atoms with Gasteiger partial charge < -0.3 is 25.6 Å². The van der Waals surface area contributed by atoms with Crippen LogP contribution in [0.5, 0.6) is 6.01 Å². The van der Waals surface area contributed by atoms with Gasteiger partial charge in [0.25, 0.3) is 0 Å². The molecular formula is C37H39F4N7O. The number of anilines is 2. The number of nitrogens with one attached hydrogen (secondary N) is 1. The van der Waals surface area contributed by atoms with Crippen molar-refractivity contribution in [3.8, 4) is 29.6 Å². The number of likely N-dealkylation sites (tertiary alicyclic amines) is 1. The fourth-order valence-electron chi connectivity index (χ4n) is 8.93. The van der Waals surface area contributed by atoms with Crippen LogP contribution in [0.3, 0.4) is 0 Å². The van der Waals surface area contributed by atoms with Crippen molar-refractivity contribution in [2.75, 3.05) is 43.9 Å².